The van der Waals surface area contributed by atoms with Crippen LogP contribution in [-0.2, 0) is 6.18 Å². The second-order valence-electron chi connectivity index (χ2n) is 12.4. The van der Waals surface area contributed by atoms with Gasteiger partial charge in [-0.3, -0.25) is 4.90 Å². The second-order valence-corrected chi connectivity index (χ2v) is 12.4. The third-order valence-corrected chi connectivity index (χ3v) is 9.56. The summed E-state index contributed by atoms with van der Waals surface area (Å²) in [6.07, 6.45) is -2.06. The van der Waals surface area contributed by atoms with E-state index < -0.39 is 51.9 Å². The minimum atomic E-state index is -4.97. The normalized spacial score (nSPS) is 27.3. The van der Waals surface area contributed by atoms with Gasteiger partial charge in [0.2, 0.25) is 0 Å². The number of alkyl halides is 4. The molecule has 5 heterocycles. The van der Waals surface area contributed by atoms with E-state index in [0.29, 0.717) is 31.9 Å². The van der Waals surface area contributed by atoms with Gasteiger partial charge in [0.05, 0.1) is 16.8 Å². The van der Waals surface area contributed by atoms with Crippen molar-refractivity contribution < 1.29 is 31.1 Å². The topological polar surface area (TPSA) is 79.5 Å². The molecular weight excluding hydrogens is 574 g/mol. The van der Waals surface area contributed by atoms with Gasteiger partial charge in [-0.2, -0.15) is 23.1 Å². The van der Waals surface area contributed by atoms with Gasteiger partial charge in [-0.05, 0) is 56.8 Å². The molecule has 43 heavy (non-hydrogen) atoms. The zero-order valence-electron chi connectivity index (χ0n) is 23.6. The highest BCUT2D eigenvalue weighted by Gasteiger charge is 2.49. The number of aryl methyl sites for hydroxylation is 1. The Morgan fingerprint density at radius 2 is 1.84 bits per heavy atom. The molecule has 1 aromatic heterocycles. The summed E-state index contributed by atoms with van der Waals surface area (Å²) in [6, 6.07) is 3.71. The molecule has 230 valence electrons. The van der Waals surface area contributed by atoms with Crippen molar-refractivity contribution in [1.29, 1.82) is 0 Å². The van der Waals surface area contributed by atoms with E-state index in [4.69, 9.17) is 10.5 Å². The van der Waals surface area contributed by atoms with Gasteiger partial charge in [0, 0.05) is 54.7 Å². The summed E-state index contributed by atoms with van der Waals surface area (Å²) in [5.41, 5.74) is 1.18. The third-order valence-electron chi connectivity index (χ3n) is 9.56. The highest BCUT2D eigenvalue weighted by atomic mass is 19.4. The van der Waals surface area contributed by atoms with Crippen molar-refractivity contribution in [3.63, 3.8) is 0 Å². The number of hydrogen-bond donors (Lipinski definition) is 2. The van der Waals surface area contributed by atoms with Crippen molar-refractivity contribution in [3.05, 3.63) is 41.0 Å². The van der Waals surface area contributed by atoms with Crippen LogP contribution in [0.25, 0.3) is 22.0 Å². The molecule has 3 N–H and O–H groups in total. The van der Waals surface area contributed by atoms with E-state index in [1.165, 1.54) is 6.07 Å². The summed E-state index contributed by atoms with van der Waals surface area (Å²) in [5.74, 6) is -2.11. The maximum atomic E-state index is 16.5. The number of ether oxygens (including phenoxy) is 1. The minimum Gasteiger partial charge on any atom is -0.461 e. The van der Waals surface area contributed by atoms with Crippen LogP contribution in [0.15, 0.2) is 18.2 Å². The summed E-state index contributed by atoms with van der Waals surface area (Å²) in [6.45, 7) is 3.50. The van der Waals surface area contributed by atoms with E-state index in [0.717, 1.165) is 51.3 Å². The SMILES string of the molecule is Cc1cc(N)c(F)c(-c2ccc3c(N4CC5CCC(C4)N5)nc(OCC45CCCN4CC(F)C5)nc3c2F)c1C(F)(F)F. The Kier molecular flexibility index (Phi) is 6.69. The van der Waals surface area contributed by atoms with Crippen LogP contribution in [0.5, 0.6) is 6.01 Å². The minimum absolute atomic E-state index is 0.0910. The second kappa shape index (κ2) is 10.1. The molecule has 0 spiro atoms. The number of aromatic nitrogens is 2. The summed E-state index contributed by atoms with van der Waals surface area (Å²) < 4.78 is 94.7. The van der Waals surface area contributed by atoms with E-state index in [-0.39, 0.29) is 41.2 Å². The zero-order chi connectivity index (χ0) is 30.3. The lowest BCUT2D eigenvalue weighted by atomic mass is 9.92. The maximum absolute atomic E-state index is 16.5. The van der Waals surface area contributed by atoms with Crippen molar-refractivity contribution >= 4 is 22.4 Å². The number of rotatable bonds is 5. The third kappa shape index (κ3) is 4.75. The highest BCUT2D eigenvalue weighted by molar-refractivity contribution is 5.94. The fraction of sp³-hybridized carbons (Fsp3) is 0.533. The summed E-state index contributed by atoms with van der Waals surface area (Å²) in [4.78, 5) is 13.1. The molecule has 4 aliphatic heterocycles. The van der Waals surface area contributed by atoms with Gasteiger partial charge < -0.3 is 20.7 Å². The number of benzene rings is 2. The molecule has 13 heteroatoms. The number of nitrogens with two attached hydrogens (primary N) is 1. The van der Waals surface area contributed by atoms with Crippen LogP contribution in [0.2, 0.25) is 0 Å². The largest absolute Gasteiger partial charge is 0.461 e. The van der Waals surface area contributed by atoms with E-state index in [9.17, 15) is 17.6 Å². The van der Waals surface area contributed by atoms with Crippen LogP contribution in [-0.4, -0.2) is 71.4 Å². The van der Waals surface area contributed by atoms with Gasteiger partial charge in [-0.25, -0.2) is 13.2 Å². The average molecular weight is 607 g/mol. The molecule has 4 aliphatic rings. The van der Waals surface area contributed by atoms with Gasteiger partial charge in [-0.15, -0.1) is 0 Å². The molecule has 2 aromatic carbocycles. The first kappa shape index (κ1) is 28.5. The van der Waals surface area contributed by atoms with E-state index in [1.807, 2.05) is 4.90 Å². The molecule has 3 aromatic rings. The lowest BCUT2D eigenvalue weighted by Gasteiger charge is -2.34. The molecule has 7 nitrogen and oxygen atoms in total. The molecule has 0 radical (unpaired) electrons. The fourth-order valence-corrected chi connectivity index (χ4v) is 7.68. The number of fused-ring (bicyclic) bond motifs is 4. The monoisotopic (exact) mass is 606 g/mol. The first-order chi connectivity index (χ1) is 20.4. The summed E-state index contributed by atoms with van der Waals surface area (Å²) in [5, 5.41) is 3.80. The van der Waals surface area contributed by atoms with E-state index in [2.05, 4.69) is 20.2 Å². The number of nitrogens with zero attached hydrogens (tertiary/aromatic N) is 4. The Labute approximate surface area is 244 Å². The molecule has 4 unspecified atom stereocenters. The Morgan fingerprint density at radius 3 is 2.56 bits per heavy atom. The van der Waals surface area contributed by atoms with Crippen molar-refractivity contribution in [1.82, 2.24) is 20.2 Å². The molecule has 0 amide bonds. The predicted molar refractivity (Wildman–Crippen MR) is 150 cm³/mol. The van der Waals surface area contributed by atoms with Crippen molar-refractivity contribution in [2.45, 2.75) is 69.0 Å². The standard InChI is InChI=1S/C30H32F6N6O/c1-15-9-21(37)25(33)22(23(15)30(34,35)36)19-5-6-20-26(24(19)32)39-28(40-27(20)41-12-17-3-4-18(13-41)38-17)43-14-29-7-2-8-42(29)11-16(31)10-29/h5-6,9,16-18,38H,2-4,7-8,10-14,37H2,1H3. The fourth-order valence-electron chi connectivity index (χ4n) is 7.68. The molecule has 0 aliphatic carbocycles. The summed E-state index contributed by atoms with van der Waals surface area (Å²) >= 11 is 0. The molecular formula is C30H32F6N6O. The Balaban J connectivity index is 1.37. The number of nitrogens with one attached hydrogen (secondary N) is 1. The number of nitrogen functional groups attached to an aromatic ring is 1. The molecule has 4 atom stereocenters. The maximum Gasteiger partial charge on any atom is 0.417 e. The Bertz CT molecular complexity index is 1590. The summed E-state index contributed by atoms with van der Waals surface area (Å²) in [7, 11) is 0. The number of hydrogen-bond acceptors (Lipinski definition) is 7. The first-order valence-electron chi connectivity index (χ1n) is 14.6. The van der Waals surface area contributed by atoms with E-state index >= 15 is 8.78 Å². The molecule has 4 fully saturated rings. The van der Waals surface area contributed by atoms with Gasteiger partial charge >= 0.3 is 12.2 Å². The Hall–Kier alpha value is -3.32. The first-order valence-corrected chi connectivity index (χ1v) is 14.6. The number of piperazine rings is 1. The number of anilines is 2. The van der Waals surface area contributed by atoms with E-state index in [1.54, 1.807) is 0 Å². The average Bonchev–Trinajstić information content (AvgIpc) is 3.59. The van der Waals surface area contributed by atoms with Crippen molar-refractivity contribution in [2.24, 2.45) is 0 Å². The van der Waals surface area contributed by atoms with Crippen molar-refractivity contribution in [2.75, 3.05) is 43.4 Å². The van der Waals surface area contributed by atoms with Crippen LogP contribution < -0.4 is 20.7 Å². The predicted octanol–water partition coefficient (Wildman–Crippen LogP) is 5.38. The smallest absolute Gasteiger partial charge is 0.417 e. The lowest BCUT2D eigenvalue weighted by Crippen LogP contribution is -2.51. The van der Waals surface area contributed by atoms with Crippen molar-refractivity contribution in [3.8, 4) is 17.1 Å². The Morgan fingerprint density at radius 1 is 1.09 bits per heavy atom. The van der Waals surface area contributed by atoms with Crippen LogP contribution in [0.3, 0.4) is 0 Å². The van der Waals surface area contributed by atoms with Crippen LogP contribution >= 0.6 is 0 Å². The molecule has 4 saturated heterocycles. The lowest BCUT2D eigenvalue weighted by molar-refractivity contribution is -0.137. The van der Waals surface area contributed by atoms with Gasteiger partial charge in [0.15, 0.2) is 11.6 Å². The molecule has 0 saturated carbocycles. The molecule has 7 rings (SSSR count). The zero-order valence-corrected chi connectivity index (χ0v) is 23.6. The number of halogens is 6. The van der Waals surface area contributed by atoms with Crippen LogP contribution in [0.4, 0.5) is 37.8 Å². The van der Waals surface area contributed by atoms with Crippen LogP contribution in [0, 0.1) is 18.6 Å². The van der Waals surface area contributed by atoms with Gasteiger partial charge in [0.1, 0.15) is 24.1 Å². The molecule has 2 bridgehead atoms. The highest BCUT2D eigenvalue weighted by Crippen LogP contribution is 2.45. The van der Waals surface area contributed by atoms with Gasteiger partial charge in [0.25, 0.3) is 0 Å². The quantitative estimate of drug-likeness (QED) is 0.298. The van der Waals surface area contributed by atoms with Gasteiger partial charge in [-0.1, -0.05) is 6.07 Å². The van der Waals surface area contributed by atoms with Crippen LogP contribution in [0.1, 0.15) is 43.2 Å².